The van der Waals surface area contributed by atoms with Crippen LogP contribution in [0, 0.1) is 0 Å². The monoisotopic (exact) mass is 256 g/mol. The van der Waals surface area contributed by atoms with Crippen LogP contribution in [-0.4, -0.2) is 22.3 Å². The minimum absolute atomic E-state index is 0.109. The highest BCUT2D eigenvalue weighted by Crippen LogP contribution is 2.24. The highest BCUT2D eigenvalue weighted by molar-refractivity contribution is 7.96. The third-order valence-electron chi connectivity index (χ3n) is 4.07. The second-order valence-corrected chi connectivity index (χ2v) is 5.79. The number of hydrogen-bond donors (Lipinski definition) is 2. The number of hydrazine groups is 1. The number of rotatable bonds is 3. The average molecular weight is 256 g/mol. The molecule has 0 unspecified atom stereocenters. The van der Waals surface area contributed by atoms with E-state index in [1.54, 1.807) is 0 Å². The van der Waals surface area contributed by atoms with Crippen molar-refractivity contribution in [1.82, 2.24) is 10.4 Å². The van der Waals surface area contributed by atoms with Gasteiger partial charge in [-0.05, 0) is 25.7 Å². The molecule has 0 aromatic heterocycles. The van der Waals surface area contributed by atoms with Crippen molar-refractivity contribution in [1.29, 1.82) is 0 Å². The molecule has 0 saturated heterocycles. The molecule has 3 nitrogen and oxygen atoms in total. The van der Waals surface area contributed by atoms with Crippen molar-refractivity contribution in [2.45, 2.75) is 76.3 Å². The van der Waals surface area contributed by atoms with E-state index >= 15 is 0 Å². The number of carbonyl (C=O) groups excluding carboxylic acids is 1. The van der Waals surface area contributed by atoms with Crippen LogP contribution in [-0.2, 0) is 0 Å². The molecule has 1 amide bonds. The van der Waals surface area contributed by atoms with Gasteiger partial charge < -0.3 is 0 Å². The Morgan fingerprint density at radius 2 is 1.47 bits per heavy atom. The highest BCUT2D eigenvalue weighted by Gasteiger charge is 2.26. The van der Waals surface area contributed by atoms with Gasteiger partial charge in [-0.1, -0.05) is 51.2 Å². The van der Waals surface area contributed by atoms with Crippen molar-refractivity contribution in [3.8, 4) is 0 Å². The van der Waals surface area contributed by atoms with E-state index in [0.29, 0.717) is 12.1 Å². The first kappa shape index (κ1) is 13.2. The van der Waals surface area contributed by atoms with Crippen molar-refractivity contribution < 1.29 is 4.79 Å². The fourth-order valence-corrected chi connectivity index (χ4v) is 3.31. The Kier molecular flexibility index (Phi) is 5.16. The van der Waals surface area contributed by atoms with Crippen LogP contribution in [0.2, 0.25) is 0 Å². The van der Waals surface area contributed by atoms with Gasteiger partial charge in [-0.3, -0.25) is 9.80 Å². The van der Waals surface area contributed by atoms with E-state index < -0.39 is 0 Å². The van der Waals surface area contributed by atoms with E-state index in [1.807, 2.05) is 5.01 Å². The molecule has 98 valence electrons. The molecule has 0 aromatic carbocycles. The largest absolute Gasteiger partial charge is 0.292 e. The minimum Gasteiger partial charge on any atom is -0.266 e. The molecule has 0 bridgehead atoms. The first-order chi connectivity index (χ1) is 8.27. The van der Waals surface area contributed by atoms with E-state index in [9.17, 15) is 4.79 Å². The summed E-state index contributed by atoms with van der Waals surface area (Å²) in [5.74, 6) is 0. The number of amides is 1. The van der Waals surface area contributed by atoms with Gasteiger partial charge in [0.15, 0.2) is 0 Å². The Morgan fingerprint density at radius 1 is 0.941 bits per heavy atom. The number of nitrogens with zero attached hydrogens (tertiary/aromatic N) is 1. The lowest BCUT2D eigenvalue weighted by Crippen LogP contribution is -2.52. The van der Waals surface area contributed by atoms with Gasteiger partial charge in [0.1, 0.15) is 0 Å². The Morgan fingerprint density at radius 3 is 2.00 bits per heavy atom. The summed E-state index contributed by atoms with van der Waals surface area (Å²) in [6.45, 7) is 0. The fourth-order valence-electron chi connectivity index (χ4n) is 3.08. The van der Waals surface area contributed by atoms with Crippen LogP contribution in [0.15, 0.2) is 0 Å². The third-order valence-corrected chi connectivity index (χ3v) is 4.29. The molecule has 1 N–H and O–H groups in total. The first-order valence-corrected chi connectivity index (χ1v) is 7.50. The summed E-state index contributed by atoms with van der Waals surface area (Å²) >= 11 is 4.03. The van der Waals surface area contributed by atoms with Gasteiger partial charge >= 0.3 is 0 Å². The molecule has 0 spiro atoms. The van der Waals surface area contributed by atoms with Crippen LogP contribution in [0.5, 0.6) is 0 Å². The molecule has 0 aromatic rings. The average Bonchev–Trinajstić information content (AvgIpc) is 2.38. The van der Waals surface area contributed by atoms with Gasteiger partial charge in [0.25, 0.3) is 5.24 Å². The smallest absolute Gasteiger partial charge is 0.266 e. The van der Waals surface area contributed by atoms with E-state index in [1.165, 1.54) is 51.4 Å². The minimum atomic E-state index is -0.109. The predicted molar refractivity (Wildman–Crippen MR) is 73.1 cm³/mol. The molecule has 2 aliphatic rings. The molecular formula is C13H24N2OS. The third kappa shape index (κ3) is 3.88. The standard InChI is InChI=1S/C13H24N2OS/c16-13(17)15(12-9-5-2-6-10-12)14-11-7-3-1-4-8-11/h11-12,14H,1-10H2,(H,16,17). The maximum atomic E-state index is 11.6. The summed E-state index contributed by atoms with van der Waals surface area (Å²) in [6, 6.07) is 0.859. The Bertz CT molecular complexity index is 248. The molecule has 2 fully saturated rings. The van der Waals surface area contributed by atoms with Gasteiger partial charge in [0.05, 0.1) is 0 Å². The zero-order valence-corrected chi connectivity index (χ0v) is 11.4. The Labute approximate surface area is 110 Å². The lowest BCUT2D eigenvalue weighted by atomic mass is 9.94. The molecule has 0 atom stereocenters. The fraction of sp³-hybridized carbons (Fsp3) is 0.923. The SMILES string of the molecule is O=C(S)N(NC1CCCCC1)C1CCCCC1. The zero-order chi connectivity index (χ0) is 12.1. The quantitative estimate of drug-likeness (QED) is 0.598. The van der Waals surface area contributed by atoms with Crippen molar-refractivity contribution in [2.24, 2.45) is 0 Å². The van der Waals surface area contributed by atoms with Gasteiger partial charge in [0.2, 0.25) is 0 Å². The second-order valence-electron chi connectivity index (χ2n) is 5.41. The van der Waals surface area contributed by atoms with Gasteiger partial charge in [0, 0.05) is 12.1 Å². The van der Waals surface area contributed by atoms with Crippen LogP contribution >= 0.6 is 12.6 Å². The summed E-state index contributed by atoms with van der Waals surface area (Å²) in [5.41, 5.74) is 3.43. The summed E-state index contributed by atoms with van der Waals surface area (Å²) in [6.07, 6.45) is 12.4. The van der Waals surface area contributed by atoms with E-state index in [2.05, 4.69) is 18.1 Å². The maximum absolute atomic E-state index is 11.6. The van der Waals surface area contributed by atoms with E-state index in [-0.39, 0.29) is 5.24 Å². The molecule has 4 heteroatoms. The van der Waals surface area contributed by atoms with Gasteiger partial charge in [-0.25, -0.2) is 5.43 Å². The number of nitrogens with one attached hydrogen (secondary N) is 1. The number of thiol groups is 1. The van der Waals surface area contributed by atoms with Crippen molar-refractivity contribution >= 4 is 17.9 Å². The maximum Gasteiger partial charge on any atom is 0.292 e. The predicted octanol–water partition coefficient (Wildman–Crippen LogP) is 3.51. The van der Waals surface area contributed by atoms with Crippen molar-refractivity contribution in [3.05, 3.63) is 0 Å². The summed E-state index contributed by atoms with van der Waals surface area (Å²) in [7, 11) is 0. The number of carbonyl (C=O) groups is 1. The normalized spacial score (nSPS) is 23.6. The van der Waals surface area contributed by atoms with Crippen molar-refractivity contribution in [2.75, 3.05) is 0 Å². The van der Waals surface area contributed by atoms with Gasteiger partial charge in [-0.2, -0.15) is 0 Å². The van der Waals surface area contributed by atoms with E-state index in [0.717, 1.165) is 12.8 Å². The van der Waals surface area contributed by atoms with Crippen molar-refractivity contribution in [3.63, 3.8) is 0 Å². The zero-order valence-electron chi connectivity index (χ0n) is 10.5. The van der Waals surface area contributed by atoms with Gasteiger partial charge in [-0.15, -0.1) is 0 Å². The Balaban J connectivity index is 1.88. The molecule has 0 aliphatic heterocycles. The molecule has 0 heterocycles. The number of hydrogen-bond acceptors (Lipinski definition) is 2. The lowest BCUT2D eigenvalue weighted by molar-refractivity contribution is 0.110. The Hall–Kier alpha value is -0.220. The molecule has 0 radical (unpaired) electrons. The van der Waals surface area contributed by atoms with Crippen LogP contribution in [0.4, 0.5) is 4.79 Å². The second kappa shape index (κ2) is 6.64. The molecule has 2 saturated carbocycles. The topological polar surface area (TPSA) is 32.3 Å². The molecular weight excluding hydrogens is 232 g/mol. The summed E-state index contributed by atoms with van der Waals surface area (Å²) in [5, 5.41) is 1.71. The first-order valence-electron chi connectivity index (χ1n) is 7.05. The lowest BCUT2D eigenvalue weighted by Gasteiger charge is -2.37. The molecule has 2 aliphatic carbocycles. The summed E-state index contributed by atoms with van der Waals surface area (Å²) in [4.78, 5) is 11.6. The van der Waals surface area contributed by atoms with Crippen LogP contribution < -0.4 is 5.43 Å². The van der Waals surface area contributed by atoms with Crippen LogP contribution in [0.25, 0.3) is 0 Å². The summed E-state index contributed by atoms with van der Waals surface area (Å²) < 4.78 is 0. The molecule has 2 rings (SSSR count). The van der Waals surface area contributed by atoms with Crippen LogP contribution in [0.1, 0.15) is 64.2 Å². The highest BCUT2D eigenvalue weighted by atomic mass is 32.1. The van der Waals surface area contributed by atoms with E-state index in [4.69, 9.17) is 0 Å². The molecule has 17 heavy (non-hydrogen) atoms. The van der Waals surface area contributed by atoms with Crippen LogP contribution in [0.3, 0.4) is 0 Å².